The Morgan fingerprint density at radius 1 is 1.00 bits per heavy atom. The van der Waals surface area contributed by atoms with Crippen LogP contribution in [0.4, 0.5) is 11.4 Å². The Bertz CT molecular complexity index is 2390. The number of hydrogen-bond acceptors (Lipinski definition) is 13. The van der Waals surface area contributed by atoms with Gasteiger partial charge in [-0.05, 0) is 121 Å². The first kappa shape index (κ1) is 47.0. The summed E-state index contributed by atoms with van der Waals surface area (Å²) in [4.78, 5) is 41.8. The van der Waals surface area contributed by atoms with E-state index in [-0.39, 0.29) is 55.8 Å². The molecule has 4 aromatic rings. The predicted molar refractivity (Wildman–Crippen MR) is 248 cm³/mol. The minimum atomic E-state index is -1.27. The molecule has 65 heavy (non-hydrogen) atoms. The van der Waals surface area contributed by atoms with Gasteiger partial charge < -0.3 is 39.3 Å². The zero-order valence-electron chi connectivity index (χ0n) is 36.6. The van der Waals surface area contributed by atoms with Gasteiger partial charge in [-0.1, -0.05) is 30.1 Å². The van der Waals surface area contributed by atoms with Gasteiger partial charge in [-0.15, -0.1) is 18.3 Å². The maximum absolute atomic E-state index is 11.9. The normalized spacial score (nSPS) is 22.4. The summed E-state index contributed by atoms with van der Waals surface area (Å²) in [7, 11) is 1.51. The number of fused-ring (bicyclic) bond motifs is 2. The van der Waals surface area contributed by atoms with Gasteiger partial charge in [0.1, 0.15) is 29.6 Å². The van der Waals surface area contributed by atoms with Crippen molar-refractivity contribution in [2.24, 2.45) is 22.9 Å². The number of benzene rings is 4. The molecule has 1 fully saturated rings. The molecule has 14 nitrogen and oxygen atoms in total. The van der Waals surface area contributed by atoms with E-state index in [1.165, 1.54) is 26.2 Å². The Labute approximate surface area is 382 Å². The van der Waals surface area contributed by atoms with Crippen molar-refractivity contribution in [3.63, 3.8) is 0 Å². The van der Waals surface area contributed by atoms with Gasteiger partial charge >= 0.3 is 0 Å². The number of nitro groups is 1. The van der Waals surface area contributed by atoms with Crippen LogP contribution < -0.4 is 19.5 Å². The van der Waals surface area contributed by atoms with Gasteiger partial charge in [0.05, 0.1) is 41.1 Å². The number of methoxy groups -OCH3 is 1. The Morgan fingerprint density at radius 2 is 1.72 bits per heavy atom. The quantitative estimate of drug-likeness (QED) is 0.0223. The Hall–Kier alpha value is -6.00. The highest BCUT2D eigenvalue weighted by Crippen LogP contribution is 2.63. The van der Waals surface area contributed by atoms with Gasteiger partial charge in [-0.25, -0.2) is 0 Å². The first-order valence-corrected chi connectivity index (χ1v) is 22.8. The molecule has 1 aliphatic heterocycles. The topological polar surface area (TPSA) is 188 Å². The predicted octanol–water partition coefficient (Wildman–Crippen LogP) is 9.79. The molecule has 342 valence electrons. The third kappa shape index (κ3) is 10.8. The molecule has 3 N–H and O–H groups in total. The van der Waals surface area contributed by atoms with Crippen molar-refractivity contribution < 1.29 is 48.5 Å². The number of nitrogens with one attached hydrogen (secondary N) is 1. The van der Waals surface area contributed by atoms with Crippen molar-refractivity contribution in [2.75, 3.05) is 32.2 Å². The summed E-state index contributed by atoms with van der Waals surface area (Å²) in [5, 5.41) is 38.5. The van der Waals surface area contributed by atoms with Crippen LogP contribution in [0.5, 0.6) is 23.0 Å². The Kier molecular flexibility index (Phi) is 15.7. The number of thioether (sulfide) groups is 1. The number of ether oxygens (including phenoxy) is 4. The number of amides is 1. The number of carbonyl (C=O) groups excluding carboxylic acids is 2. The Balaban J connectivity index is 1.39. The summed E-state index contributed by atoms with van der Waals surface area (Å²) >= 11 is 1.58. The van der Waals surface area contributed by atoms with Gasteiger partial charge in [-0.2, -0.15) is 0 Å². The summed E-state index contributed by atoms with van der Waals surface area (Å²) in [6.07, 6.45) is 9.52. The number of aliphatic hydroxyl groups excluding tert-OH is 2. The lowest BCUT2D eigenvalue weighted by Gasteiger charge is -2.58. The number of anilines is 1. The SMILES string of the molecule is C=CCOC12Oc3ccc(Oc4ccc(OC)c(C=O)c4)cc3C3C(CCCCO)C(CCCCO)C=C(C(=NOCc4ccc([N+](=O)[O-])cc4)CC1Sc1ccc(NC(C)=O)cc1)C32. The zero-order valence-corrected chi connectivity index (χ0v) is 37.4. The van der Waals surface area contributed by atoms with Crippen molar-refractivity contribution in [1.82, 2.24) is 0 Å². The number of hydrogen-bond donors (Lipinski definition) is 3. The molecular weight excluding hydrogens is 851 g/mol. The van der Waals surface area contributed by atoms with Crippen molar-refractivity contribution in [3.05, 3.63) is 136 Å². The lowest BCUT2D eigenvalue weighted by atomic mass is 9.56. The average Bonchev–Trinajstić information content (AvgIpc) is 3.30. The maximum atomic E-state index is 11.9. The zero-order chi connectivity index (χ0) is 45.9. The van der Waals surface area contributed by atoms with E-state index in [1.807, 2.05) is 42.5 Å². The lowest BCUT2D eigenvalue weighted by Crippen LogP contribution is -2.64. The fraction of sp³-hybridized carbons (Fsp3) is 0.380. The standard InChI is InChI=1S/C50H55N3O11S/c1-4-25-61-50-47(65-40-19-13-36(14-20-40)51-32(2)57)29-44(52-62-31-33-11-15-37(16-12-33)53(58)59)42-27-34(9-5-7-23-54)41(10-6-8-24-55)48(49(42)50)43-28-39(18-22-46(43)64-50)63-38-17-21-45(60-3)35(26-38)30-56/h4,11-22,26-28,30,34,41,47-49,54-55H,1,5-10,23-25,29,31H2,2-3H3,(H,51,57). The van der Waals surface area contributed by atoms with Crippen LogP contribution in [0, 0.1) is 27.9 Å². The summed E-state index contributed by atoms with van der Waals surface area (Å²) in [5.41, 5.74) is 4.27. The highest BCUT2D eigenvalue weighted by atomic mass is 32.2. The van der Waals surface area contributed by atoms with E-state index in [4.69, 9.17) is 28.9 Å². The molecule has 0 radical (unpaired) electrons. The van der Waals surface area contributed by atoms with Crippen molar-refractivity contribution in [3.8, 4) is 23.0 Å². The molecule has 0 spiro atoms. The maximum Gasteiger partial charge on any atom is 0.269 e. The van der Waals surface area contributed by atoms with E-state index in [9.17, 15) is 29.9 Å². The third-order valence-electron chi connectivity index (χ3n) is 12.2. The fourth-order valence-corrected chi connectivity index (χ4v) is 10.7. The molecule has 6 atom stereocenters. The minimum absolute atomic E-state index is 0.0202. The summed E-state index contributed by atoms with van der Waals surface area (Å²) in [5.74, 6) is 0.0270. The number of non-ortho nitro benzene ring substituents is 1. The van der Waals surface area contributed by atoms with E-state index in [2.05, 4.69) is 18.0 Å². The van der Waals surface area contributed by atoms with Crippen LogP contribution in [0.1, 0.15) is 79.3 Å². The summed E-state index contributed by atoms with van der Waals surface area (Å²) in [6.45, 7) is 5.88. The van der Waals surface area contributed by atoms with Gasteiger partial charge in [0.15, 0.2) is 6.29 Å². The molecule has 1 amide bonds. The fourth-order valence-electron chi connectivity index (χ4n) is 9.38. The molecule has 0 bridgehead atoms. The molecule has 1 heterocycles. The first-order chi connectivity index (χ1) is 31.6. The number of rotatable bonds is 22. The van der Waals surface area contributed by atoms with Gasteiger partial charge in [0.25, 0.3) is 5.69 Å². The second-order valence-corrected chi connectivity index (χ2v) is 17.7. The van der Waals surface area contributed by atoms with Gasteiger partial charge in [-0.3, -0.25) is 19.7 Å². The molecule has 6 unspecified atom stereocenters. The van der Waals surface area contributed by atoms with Crippen LogP contribution in [0.3, 0.4) is 0 Å². The monoisotopic (exact) mass is 905 g/mol. The van der Waals surface area contributed by atoms with Crippen LogP contribution >= 0.6 is 11.8 Å². The molecular formula is C50H55N3O11S. The molecule has 15 heteroatoms. The van der Waals surface area contributed by atoms with Crippen molar-refractivity contribution in [1.29, 1.82) is 0 Å². The van der Waals surface area contributed by atoms with E-state index in [1.54, 1.807) is 48.2 Å². The van der Waals surface area contributed by atoms with E-state index >= 15 is 0 Å². The summed E-state index contributed by atoms with van der Waals surface area (Å²) < 4.78 is 26.2. The average molecular weight is 906 g/mol. The smallest absolute Gasteiger partial charge is 0.269 e. The van der Waals surface area contributed by atoms with Crippen LogP contribution in [0.25, 0.3) is 0 Å². The first-order valence-electron chi connectivity index (χ1n) is 21.9. The molecule has 4 aromatic carbocycles. The highest BCUT2D eigenvalue weighted by Gasteiger charge is 2.64. The molecule has 0 aromatic heterocycles. The molecule has 7 rings (SSSR count). The van der Waals surface area contributed by atoms with E-state index in [0.29, 0.717) is 64.8 Å². The number of allylic oxidation sites excluding steroid dienone is 1. The minimum Gasteiger partial charge on any atom is -0.496 e. The lowest BCUT2D eigenvalue weighted by molar-refractivity contribution is -0.384. The number of aliphatic hydroxyl groups is 2. The second-order valence-electron chi connectivity index (χ2n) is 16.4. The van der Waals surface area contributed by atoms with E-state index < -0.39 is 21.9 Å². The molecule has 0 saturated heterocycles. The van der Waals surface area contributed by atoms with Crippen LogP contribution in [0.2, 0.25) is 0 Å². The molecule has 1 saturated carbocycles. The number of nitrogens with zero attached hydrogens (tertiary/aromatic N) is 2. The largest absolute Gasteiger partial charge is 0.496 e. The van der Waals surface area contributed by atoms with Crippen molar-refractivity contribution in [2.45, 2.75) is 80.3 Å². The number of carbonyl (C=O) groups is 2. The second kappa shape index (κ2) is 21.8. The van der Waals surface area contributed by atoms with E-state index in [0.717, 1.165) is 48.0 Å². The van der Waals surface area contributed by atoms with Crippen LogP contribution in [-0.4, -0.2) is 71.0 Å². The van der Waals surface area contributed by atoms with Crippen LogP contribution in [0.15, 0.2) is 119 Å². The molecule has 2 aliphatic carbocycles. The molecule has 3 aliphatic rings. The van der Waals surface area contributed by atoms with Gasteiger partial charge in [0.2, 0.25) is 11.7 Å². The third-order valence-corrected chi connectivity index (χ3v) is 13.5. The Morgan fingerprint density at radius 3 is 2.40 bits per heavy atom. The summed E-state index contributed by atoms with van der Waals surface area (Å²) in [6, 6.07) is 24.6. The highest BCUT2D eigenvalue weighted by molar-refractivity contribution is 8.00. The number of nitro benzene ring substituents is 1. The number of oxime groups is 1. The number of unbranched alkanes of at least 4 members (excludes halogenated alkanes) is 2. The van der Waals surface area contributed by atoms with Gasteiger partial charge in [0, 0.05) is 60.8 Å². The van der Waals surface area contributed by atoms with Crippen LogP contribution in [-0.2, 0) is 21.0 Å². The number of aldehydes is 1. The van der Waals surface area contributed by atoms with Crippen molar-refractivity contribution >= 4 is 41.0 Å².